The lowest BCUT2D eigenvalue weighted by Gasteiger charge is -2.38. The van der Waals surface area contributed by atoms with Gasteiger partial charge in [-0.25, -0.2) is 0 Å². The minimum atomic E-state index is -1.51. The van der Waals surface area contributed by atoms with Crippen molar-refractivity contribution in [3.63, 3.8) is 0 Å². The molecule has 17 heavy (non-hydrogen) atoms. The van der Waals surface area contributed by atoms with E-state index in [-0.39, 0.29) is 11.5 Å². The second-order valence-corrected chi connectivity index (χ2v) is 7.44. The molecule has 1 aliphatic rings. The second kappa shape index (κ2) is 7.48. The highest BCUT2D eigenvalue weighted by molar-refractivity contribution is 6.44. The molecule has 0 aromatic heterocycles. The molecule has 1 atom stereocenters. The Hall–Kier alpha value is 0.0569. The highest BCUT2D eigenvalue weighted by Crippen LogP contribution is 2.28. The van der Waals surface area contributed by atoms with Crippen molar-refractivity contribution < 1.29 is 18.3 Å². The Balaban J connectivity index is 2.31. The average molecular weight is 262 g/mol. The smallest absolute Gasteiger partial charge is 0.323 e. The third kappa shape index (κ3) is 5.05. The zero-order valence-electron chi connectivity index (χ0n) is 11.5. The van der Waals surface area contributed by atoms with Crippen LogP contribution in [-0.2, 0) is 18.3 Å². The largest absolute Gasteiger partial charge is 0.400 e. The average Bonchev–Trinajstić information content (AvgIpc) is 2.30. The zero-order chi connectivity index (χ0) is 12.7. The van der Waals surface area contributed by atoms with Crippen molar-refractivity contribution in [3.8, 4) is 0 Å². The molecule has 1 unspecified atom stereocenters. The molecule has 1 rings (SSSR count). The normalized spacial score (nSPS) is 20.3. The van der Waals surface area contributed by atoms with Crippen LogP contribution < -0.4 is 0 Å². The summed E-state index contributed by atoms with van der Waals surface area (Å²) >= 11 is 0. The summed E-state index contributed by atoms with van der Waals surface area (Å²) < 4.78 is 22.0. The quantitative estimate of drug-likeness (QED) is 0.593. The van der Waals surface area contributed by atoms with Crippen molar-refractivity contribution in [2.24, 2.45) is 5.41 Å². The van der Waals surface area contributed by atoms with Crippen molar-refractivity contribution >= 4 is 9.28 Å². The molecule has 0 aromatic carbocycles. The van der Waals surface area contributed by atoms with Crippen LogP contribution in [0.15, 0.2) is 0 Å². The standard InChI is InChI=1S/C12H26O4Si/c1-5-6-11(7-17(13-3)14-4)16-10-12(2)8-15-9-12/h11,17H,5-10H2,1-4H3. The Morgan fingerprint density at radius 2 is 1.94 bits per heavy atom. The van der Waals surface area contributed by atoms with E-state index in [9.17, 15) is 0 Å². The number of rotatable bonds is 9. The molecule has 0 amide bonds. The summed E-state index contributed by atoms with van der Waals surface area (Å²) in [6, 6.07) is 0.928. The number of ether oxygens (including phenoxy) is 2. The molecule has 1 saturated heterocycles. The van der Waals surface area contributed by atoms with Crippen molar-refractivity contribution in [1.29, 1.82) is 0 Å². The molecule has 4 nitrogen and oxygen atoms in total. The SMILES string of the molecule is CCCC(C[SiH](OC)OC)OCC1(C)COC1. The highest BCUT2D eigenvalue weighted by atomic mass is 28.3. The number of hydrogen-bond acceptors (Lipinski definition) is 4. The summed E-state index contributed by atoms with van der Waals surface area (Å²) in [5.74, 6) is 0. The summed E-state index contributed by atoms with van der Waals surface area (Å²) in [7, 11) is 1.94. The first-order chi connectivity index (χ1) is 8.13. The maximum absolute atomic E-state index is 6.02. The highest BCUT2D eigenvalue weighted by Gasteiger charge is 2.34. The first-order valence-electron chi connectivity index (χ1n) is 6.38. The van der Waals surface area contributed by atoms with Crippen LogP contribution in [0.1, 0.15) is 26.7 Å². The maximum Gasteiger partial charge on any atom is 0.323 e. The Bertz CT molecular complexity index is 205. The topological polar surface area (TPSA) is 36.9 Å². The van der Waals surface area contributed by atoms with E-state index in [1.165, 1.54) is 0 Å². The molecule has 1 fully saturated rings. The van der Waals surface area contributed by atoms with E-state index >= 15 is 0 Å². The molecule has 0 radical (unpaired) electrons. The molecule has 0 spiro atoms. The maximum atomic E-state index is 6.02. The summed E-state index contributed by atoms with van der Waals surface area (Å²) in [6.45, 7) is 6.82. The summed E-state index contributed by atoms with van der Waals surface area (Å²) in [5.41, 5.74) is 0.225. The predicted octanol–water partition coefficient (Wildman–Crippen LogP) is 1.72. The lowest BCUT2D eigenvalue weighted by Crippen LogP contribution is -2.44. The molecule has 0 saturated carbocycles. The minimum Gasteiger partial charge on any atom is -0.400 e. The van der Waals surface area contributed by atoms with Gasteiger partial charge in [-0.2, -0.15) is 0 Å². The zero-order valence-corrected chi connectivity index (χ0v) is 12.7. The van der Waals surface area contributed by atoms with Gasteiger partial charge in [0.1, 0.15) is 0 Å². The molecule has 102 valence electrons. The molecule has 0 aliphatic carbocycles. The van der Waals surface area contributed by atoms with Gasteiger partial charge >= 0.3 is 9.28 Å². The molecule has 0 bridgehead atoms. The van der Waals surface area contributed by atoms with Gasteiger partial charge in [-0.1, -0.05) is 20.3 Å². The first-order valence-corrected chi connectivity index (χ1v) is 8.14. The Kier molecular flexibility index (Phi) is 6.65. The fourth-order valence-electron chi connectivity index (χ4n) is 1.95. The lowest BCUT2D eigenvalue weighted by molar-refractivity contribution is -0.148. The summed E-state index contributed by atoms with van der Waals surface area (Å²) in [5, 5.41) is 0. The molecule has 0 aromatic rings. The van der Waals surface area contributed by atoms with Crippen LogP contribution in [0, 0.1) is 5.41 Å². The minimum absolute atomic E-state index is 0.225. The predicted molar refractivity (Wildman–Crippen MR) is 69.5 cm³/mol. The van der Waals surface area contributed by atoms with E-state index < -0.39 is 9.28 Å². The van der Waals surface area contributed by atoms with Crippen LogP contribution >= 0.6 is 0 Å². The van der Waals surface area contributed by atoms with Gasteiger partial charge in [0.2, 0.25) is 0 Å². The van der Waals surface area contributed by atoms with E-state index in [0.717, 1.165) is 38.7 Å². The molecular weight excluding hydrogens is 236 g/mol. The Morgan fingerprint density at radius 3 is 2.35 bits per heavy atom. The van der Waals surface area contributed by atoms with Crippen molar-refractivity contribution in [3.05, 3.63) is 0 Å². The van der Waals surface area contributed by atoms with E-state index in [1.54, 1.807) is 14.2 Å². The van der Waals surface area contributed by atoms with Gasteiger partial charge in [0, 0.05) is 25.7 Å². The van der Waals surface area contributed by atoms with Gasteiger partial charge in [-0.05, 0) is 6.42 Å². The van der Waals surface area contributed by atoms with Gasteiger partial charge in [0.15, 0.2) is 0 Å². The van der Waals surface area contributed by atoms with Crippen LogP contribution in [0.3, 0.4) is 0 Å². The van der Waals surface area contributed by atoms with E-state index in [1.807, 2.05) is 0 Å². The van der Waals surface area contributed by atoms with Gasteiger partial charge < -0.3 is 18.3 Å². The molecule has 1 aliphatic heterocycles. The van der Waals surface area contributed by atoms with Crippen LogP contribution in [-0.4, -0.2) is 49.4 Å². The molecule has 0 N–H and O–H groups in total. The van der Waals surface area contributed by atoms with E-state index in [0.29, 0.717) is 0 Å². The summed E-state index contributed by atoms with van der Waals surface area (Å²) in [4.78, 5) is 0. The second-order valence-electron chi connectivity index (χ2n) is 5.16. The monoisotopic (exact) mass is 262 g/mol. The van der Waals surface area contributed by atoms with Gasteiger partial charge in [0.05, 0.1) is 25.9 Å². The van der Waals surface area contributed by atoms with Crippen molar-refractivity contribution in [2.45, 2.75) is 38.8 Å². The first kappa shape index (κ1) is 15.1. The number of hydrogen-bond donors (Lipinski definition) is 0. The van der Waals surface area contributed by atoms with Gasteiger partial charge in [-0.15, -0.1) is 0 Å². The van der Waals surface area contributed by atoms with E-state index in [2.05, 4.69) is 13.8 Å². The fraction of sp³-hybridized carbons (Fsp3) is 1.00. The van der Waals surface area contributed by atoms with Crippen molar-refractivity contribution in [1.82, 2.24) is 0 Å². The van der Waals surface area contributed by atoms with Crippen LogP contribution in [0.2, 0.25) is 6.04 Å². The van der Waals surface area contributed by atoms with Crippen LogP contribution in [0.25, 0.3) is 0 Å². The molecular formula is C12H26O4Si. The van der Waals surface area contributed by atoms with Crippen LogP contribution in [0.4, 0.5) is 0 Å². The fourth-order valence-corrected chi connectivity index (χ4v) is 3.33. The van der Waals surface area contributed by atoms with E-state index in [4.69, 9.17) is 18.3 Å². The lowest BCUT2D eigenvalue weighted by atomic mass is 9.90. The molecule has 5 heteroatoms. The van der Waals surface area contributed by atoms with Crippen LogP contribution in [0.5, 0.6) is 0 Å². The Morgan fingerprint density at radius 1 is 1.29 bits per heavy atom. The Labute approximate surface area is 106 Å². The third-order valence-electron chi connectivity index (χ3n) is 3.16. The summed E-state index contributed by atoms with van der Waals surface area (Å²) in [6.07, 6.45) is 2.48. The van der Waals surface area contributed by atoms with Gasteiger partial charge in [0.25, 0.3) is 0 Å². The third-order valence-corrected chi connectivity index (χ3v) is 5.12. The molecule has 1 heterocycles. The van der Waals surface area contributed by atoms with Crippen molar-refractivity contribution in [2.75, 3.05) is 34.0 Å². The van der Waals surface area contributed by atoms with Gasteiger partial charge in [-0.3, -0.25) is 0 Å².